The molecule has 0 atom stereocenters. The highest BCUT2D eigenvalue weighted by molar-refractivity contribution is 9.10. The van der Waals surface area contributed by atoms with E-state index in [9.17, 15) is 9.18 Å². The number of aromatic carboxylic acids is 1. The Morgan fingerprint density at radius 1 is 1.45 bits per heavy atom. The first kappa shape index (κ1) is 14.0. The minimum atomic E-state index is -1.31. The predicted molar refractivity (Wildman–Crippen MR) is 73.3 cm³/mol. The van der Waals surface area contributed by atoms with Crippen LogP contribution >= 0.6 is 15.9 Å². The van der Waals surface area contributed by atoms with Gasteiger partial charge >= 0.3 is 5.97 Å². The van der Waals surface area contributed by atoms with Crippen LogP contribution in [0.2, 0.25) is 0 Å². The topological polar surface area (TPSA) is 86.0 Å². The summed E-state index contributed by atoms with van der Waals surface area (Å²) in [6.07, 6.45) is 0.902. The van der Waals surface area contributed by atoms with Crippen molar-refractivity contribution in [2.24, 2.45) is 0 Å². The molecule has 0 saturated carbocycles. The Hall–Kier alpha value is -2.46. The van der Waals surface area contributed by atoms with Crippen molar-refractivity contribution in [1.82, 2.24) is 4.98 Å². The van der Waals surface area contributed by atoms with Gasteiger partial charge in [0.2, 0.25) is 0 Å². The van der Waals surface area contributed by atoms with Gasteiger partial charge in [-0.2, -0.15) is 5.26 Å². The largest absolute Gasteiger partial charge is 0.478 e. The number of pyridine rings is 1. The molecular weight excluding hydrogens is 329 g/mol. The summed E-state index contributed by atoms with van der Waals surface area (Å²) in [6.45, 7) is 0. The second kappa shape index (κ2) is 5.67. The minimum Gasteiger partial charge on any atom is -0.478 e. The number of carbonyl (C=O) groups is 1. The number of hydrogen-bond donors (Lipinski definition) is 2. The Labute approximate surface area is 121 Å². The zero-order valence-electron chi connectivity index (χ0n) is 9.89. The molecule has 0 fully saturated rings. The average molecular weight is 336 g/mol. The highest BCUT2D eigenvalue weighted by Crippen LogP contribution is 2.25. The molecule has 2 rings (SSSR count). The molecule has 2 N–H and O–H groups in total. The summed E-state index contributed by atoms with van der Waals surface area (Å²) in [7, 11) is 0. The summed E-state index contributed by atoms with van der Waals surface area (Å²) in [5, 5.41) is 20.8. The van der Waals surface area contributed by atoms with Crippen LogP contribution in [0, 0.1) is 17.1 Å². The maximum Gasteiger partial charge on any atom is 0.339 e. The average Bonchev–Trinajstić information content (AvgIpc) is 2.42. The van der Waals surface area contributed by atoms with Gasteiger partial charge in [0.15, 0.2) is 0 Å². The van der Waals surface area contributed by atoms with Gasteiger partial charge in [0.1, 0.15) is 23.3 Å². The van der Waals surface area contributed by atoms with Crippen molar-refractivity contribution in [1.29, 1.82) is 5.26 Å². The van der Waals surface area contributed by atoms with E-state index in [2.05, 4.69) is 26.2 Å². The first-order chi connectivity index (χ1) is 9.51. The molecule has 0 aliphatic rings. The summed E-state index contributed by atoms with van der Waals surface area (Å²) in [4.78, 5) is 14.8. The van der Waals surface area contributed by atoms with Crippen LogP contribution < -0.4 is 5.32 Å². The number of hydrogen-bond acceptors (Lipinski definition) is 4. The van der Waals surface area contributed by atoms with E-state index in [4.69, 9.17) is 10.4 Å². The Balaban J connectivity index is 2.45. The number of anilines is 2. The maximum absolute atomic E-state index is 13.0. The number of aromatic nitrogens is 1. The lowest BCUT2D eigenvalue weighted by Crippen LogP contribution is -2.06. The summed E-state index contributed by atoms with van der Waals surface area (Å²) < 4.78 is 13.7. The molecule has 0 spiro atoms. The Kier molecular flexibility index (Phi) is 3.96. The second-order valence-electron chi connectivity index (χ2n) is 3.78. The molecular formula is C13H7BrFN3O2. The lowest BCUT2D eigenvalue weighted by atomic mass is 10.2. The molecule has 7 heteroatoms. The smallest absolute Gasteiger partial charge is 0.339 e. The zero-order valence-corrected chi connectivity index (χ0v) is 11.5. The summed E-state index contributed by atoms with van der Waals surface area (Å²) >= 11 is 3.23. The fourth-order valence-electron chi connectivity index (χ4n) is 1.55. The van der Waals surface area contributed by atoms with Crippen molar-refractivity contribution in [2.45, 2.75) is 0 Å². The number of rotatable bonds is 3. The molecule has 0 unspecified atom stereocenters. The van der Waals surface area contributed by atoms with Crippen LogP contribution in [-0.2, 0) is 0 Å². The summed E-state index contributed by atoms with van der Waals surface area (Å²) in [5.41, 5.74) is 0.385. The van der Waals surface area contributed by atoms with E-state index in [1.165, 1.54) is 0 Å². The van der Waals surface area contributed by atoms with Crippen LogP contribution in [-0.4, -0.2) is 16.1 Å². The van der Waals surface area contributed by atoms with Crippen LogP contribution in [0.3, 0.4) is 0 Å². The molecule has 0 saturated heterocycles. The number of nitrogens with one attached hydrogen (secondary N) is 1. The van der Waals surface area contributed by atoms with Gasteiger partial charge in [0.25, 0.3) is 0 Å². The number of nitriles is 1. The molecule has 0 bridgehead atoms. The van der Waals surface area contributed by atoms with Gasteiger partial charge in [-0.1, -0.05) is 15.9 Å². The fraction of sp³-hybridized carbons (Fsp3) is 0. The molecule has 100 valence electrons. The molecule has 0 radical (unpaired) electrons. The van der Waals surface area contributed by atoms with Crippen molar-refractivity contribution < 1.29 is 14.3 Å². The van der Waals surface area contributed by atoms with Crippen LogP contribution in [0.25, 0.3) is 0 Å². The van der Waals surface area contributed by atoms with E-state index in [-0.39, 0.29) is 11.4 Å². The van der Waals surface area contributed by atoms with Crippen molar-refractivity contribution in [3.05, 3.63) is 51.9 Å². The van der Waals surface area contributed by atoms with E-state index < -0.39 is 11.8 Å². The number of halogens is 2. The van der Waals surface area contributed by atoms with E-state index in [1.54, 1.807) is 18.2 Å². The molecule has 5 nitrogen and oxygen atoms in total. The lowest BCUT2D eigenvalue weighted by Gasteiger charge is -2.10. The third-order valence-electron chi connectivity index (χ3n) is 2.44. The third kappa shape index (κ3) is 2.92. The molecule has 1 aromatic carbocycles. The Bertz CT molecular complexity index is 728. The number of nitrogens with zero attached hydrogens (tertiary/aromatic N) is 2. The quantitative estimate of drug-likeness (QED) is 0.898. The van der Waals surface area contributed by atoms with Crippen molar-refractivity contribution in [3.63, 3.8) is 0 Å². The van der Waals surface area contributed by atoms with Crippen molar-refractivity contribution in [2.75, 3.05) is 5.32 Å². The van der Waals surface area contributed by atoms with Gasteiger partial charge in [-0.15, -0.1) is 0 Å². The van der Waals surface area contributed by atoms with Crippen molar-refractivity contribution >= 4 is 33.4 Å². The lowest BCUT2D eigenvalue weighted by molar-refractivity contribution is 0.0697. The molecule has 1 aromatic heterocycles. The molecule has 1 heterocycles. The normalized spacial score (nSPS) is 9.85. The van der Waals surface area contributed by atoms with E-state index in [0.717, 1.165) is 12.3 Å². The molecule has 20 heavy (non-hydrogen) atoms. The minimum absolute atomic E-state index is 0.0299. The van der Waals surface area contributed by atoms with Crippen LogP contribution in [0.5, 0.6) is 0 Å². The fourth-order valence-corrected chi connectivity index (χ4v) is 1.91. The molecule has 0 aliphatic heterocycles. The maximum atomic E-state index is 13.0. The summed E-state index contributed by atoms with van der Waals surface area (Å²) in [6, 6.07) is 7.70. The van der Waals surface area contributed by atoms with Crippen molar-refractivity contribution in [3.8, 4) is 6.07 Å². The Morgan fingerprint density at radius 3 is 2.85 bits per heavy atom. The van der Waals surface area contributed by atoms with Crippen LogP contribution in [0.1, 0.15) is 15.9 Å². The standard InChI is InChI=1S/C13H7BrFN3O2/c14-8-1-2-11(7(3-8)5-16)18-12-10(13(19)20)4-9(15)6-17-12/h1-4,6H,(H,17,18)(H,19,20). The number of carboxylic acids is 1. The molecule has 0 aliphatic carbocycles. The number of carboxylic acid groups (broad SMARTS) is 1. The predicted octanol–water partition coefficient (Wildman–Crippen LogP) is 3.30. The van der Waals surface area contributed by atoms with Gasteiger partial charge in [0.05, 0.1) is 17.4 Å². The van der Waals surface area contributed by atoms with Gasteiger partial charge in [0, 0.05) is 4.47 Å². The van der Waals surface area contributed by atoms with E-state index in [0.29, 0.717) is 15.7 Å². The third-order valence-corrected chi connectivity index (χ3v) is 2.93. The molecule has 2 aromatic rings. The Morgan fingerprint density at radius 2 is 2.20 bits per heavy atom. The van der Waals surface area contributed by atoms with Gasteiger partial charge < -0.3 is 10.4 Å². The van der Waals surface area contributed by atoms with E-state index in [1.807, 2.05) is 6.07 Å². The van der Waals surface area contributed by atoms with E-state index >= 15 is 0 Å². The van der Waals surface area contributed by atoms with Crippen LogP contribution in [0.15, 0.2) is 34.9 Å². The van der Waals surface area contributed by atoms with Gasteiger partial charge in [-0.05, 0) is 24.3 Å². The zero-order chi connectivity index (χ0) is 14.7. The highest BCUT2D eigenvalue weighted by atomic mass is 79.9. The summed E-state index contributed by atoms with van der Waals surface area (Å²) in [5.74, 6) is -2.09. The second-order valence-corrected chi connectivity index (χ2v) is 4.70. The van der Waals surface area contributed by atoms with Gasteiger partial charge in [-0.25, -0.2) is 14.2 Å². The monoisotopic (exact) mass is 335 g/mol. The SMILES string of the molecule is N#Cc1cc(Br)ccc1Nc1ncc(F)cc1C(=O)O. The van der Waals surface area contributed by atoms with Crippen LogP contribution in [0.4, 0.5) is 15.9 Å². The van der Waals surface area contributed by atoms with Gasteiger partial charge in [-0.3, -0.25) is 0 Å². The first-order valence-corrected chi connectivity index (χ1v) is 6.16. The number of benzene rings is 1. The first-order valence-electron chi connectivity index (χ1n) is 5.37. The highest BCUT2D eigenvalue weighted by Gasteiger charge is 2.14. The molecule has 0 amide bonds.